The Labute approximate surface area is 84.1 Å². The van der Waals surface area contributed by atoms with Gasteiger partial charge in [0, 0.05) is 18.3 Å². The summed E-state index contributed by atoms with van der Waals surface area (Å²) in [5.41, 5.74) is 4.27. The van der Waals surface area contributed by atoms with Gasteiger partial charge in [0.15, 0.2) is 0 Å². The van der Waals surface area contributed by atoms with E-state index in [1.165, 1.54) is 6.92 Å². The highest BCUT2D eigenvalue weighted by molar-refractivity contribution is 5.48. The fourth-order valence-corrected chi connectivity index (χ4v) is 1.31. The van der Waals surface area contributed by atoms with Crippen molar-refractivity contribution in [3.05, 3.63) is 33.1 Å². The second kappa shape index (κ2) is 4.26. The zero-order valence-electron chi connectivity index (χ0n) is 7.91. The summed E-state index contributed by atoms with van der Waals surface area (Å²) in [4.78, 5) is 13.5. The molecule has 0 unspecified atom stereocenters. The van der Waals surface area contributed by atoms with Crippen LogP contribution in [0.2, 0.25) is 0 Å². The van der Waals surface area contributed by atoms with Crippen LogP contribution in [0.25, 0.3) is 0 Å². The molecule has 0 bridgehead atoms. The van der Waals surface area contributed by atoms with Crippen LogP contribution < -0.4 is 5.73 Å². The molecule has 0 saturated carbocycles. The van der Waals surface area contributed by atoms with Gasteiger partial charge < -0.3 is 5.73 Å². The number of alkyl halides is 2. The van der Waals surface area contributed by atoms with E-state index in [1.54, 1.807) is 0 Å². The number of nitrogens with two attached hydrogens (primary N) is 1. The molecule has 5 nitrogen and oxygen atoms in total. The first kappa shape index (κ1) is 11.4. The molecular weight excluding hydrogens is 208 g/mol. The molecule has 0 aliphatic carbocycles. The zero-order chi connectivity index (χ0) is 11.6. The van der Waals surface area contributed by atoms with Gasteiger partial charge in [0.25, 0.3) is 12.1 Å². The van der Waals surface area contributed by atoms with Crippen LogP contribution in [0.5, 0.6) is 0 Å². The molecule has 82 valence electrons. The number of halogens is 2. The van der Waals surface area contributed by atoms with Crippen molar-refractivity contribution in [3.63, 3.8) is 0 Å². The molecule has 0 aliphatic rings. The molecule has 1 aromatic rings. The number of nitrogens with zero attached hydrogens (tertiary/aromatic N) is 2. The summed E-state index contributed by atoms with van der Waals surface area (Å²) in [5, 5.41) is 10.6. The molecule has 0 fully saturated rings. The van der Waals surface area contributed by atoms with Crippen molar-refractivity contribution in [1.82, 2.24) is 4.98 Å². The van der Waals surface area contributed by atoms with Crippen LogP contribution >= 0.6 is 0 Å². The van der Waals surface area contributed by atoms with E-state index < -0.39 is 22.6 Å². The van der Waals surface area contributed by atoms with E-state index in [0.29, 0.717) is 0 Å². The second-order valence-corrected chi connectivity index (χ2v) is 2.89. The standard InChI is InChI=1S/C8H9F2N3O2/c1-4-7(13(14)15)5(2-11)6(3-12-4)8(9)10/h3,8H,2,11H2,1H3. The predicted molar refractivity (Wildman–Crippen MR) is 48.5 cm³/mol. The van der Waals surface area contributed by atoms with Crippen LogP contribution in [0.1, 0.15) is 23.2 Å². The van der Waals surface area contributed by atoms with Crippen molar-refractivity contribution < 1.29 is 13.7 Å². The Bertz CT molecular complexity index is 396. The van der Waals surface area contributed by atoms with Crippen LogP contribution in [0.3, 0.4) is 0 Å². The number of hydrogen-bond acceptors (Lipinski definition) is 4. The maximum atomic E-state index is 12.5. The lowest BCUT2D eigenvalue weighted by Gasteiger charge is -2.08. The van der Waals surface area contributed by atoms with Gasteiger partial charge in [0.2, 0.25) is 0 Å². The van der Waals surface area contributed by atoms with E-state index in [1.807, 2.05) is 0 Å². The van der Waals surface area contributed by atoms with E-state index in [-0.39, 0.29) is 17.8 Å². The Morgan fingerprint density at radius 3 is 2.67 bits per heavy atom. The minimum Gasteiger partial charge on any atom is -0.326 e. The van der Waals surface area contributed by atoms with Gasteiger partial charge in [0.1, 0.15) is 5.69 Å². The van der Waals surface area contributed by atoms with Gasteiger partial charge in [-0.3, -0.25) is 15.1 Å². The highest BCUT2D eigenvalue weighted by Gasteiger charge is 2.24. The topological polar surface area (TPSA) is 82.0 Å². The average Bonchev–Trinajstić information content (AvgIpc) is 2.15. The number of nitro groups is 1. The third-order valence-corrected chi connectivity index (χ3v) is 2.00. The van der Waals surface area contributed by atoms with Crippen LogP contribution in [0.15, 0.2) is 6.20 Å². The first-order chi connectivity index (χ1) is 6.99. The number of pyridine rings is 1. The summed E-state index contributed by atoms with van der Waals surface area (Å²) < 4.78 is 24.9. The monoisotopic (exact) mass is 217 g/mol. The maximum Gasteiger partial charge on any atom is 0.295 e. The van der Waals surface area contributed by atoms with Crippen LogP contribution in [0, 0.1) is 17.0 Å². The summed E-state index contributed by atoms with van der Waals surface area (Å²) in [5.74, 6) is 0. The Hall–Kier alpha value is -1.63. The number of hydrogen-bond donors (Lipinski definition) is 1. The molecule has 1 heterocycles. The lowest BCUT2D eigenvalue weighted by molar-refractivity contribution is -0.386. The summed E-state index contributed by atoms with van der Waals surface area (Å²) in [6.45, 7) is 1.08. The number of aromatic nitrogens is 1. The smallest absolute Gasteiger partial charge is 0.295 e. The average molecular weight is 217 g/mol. The SMILES string of the molecule is Cc1ncc(C(F)F)c(CN)c1[N+](=O)[O-]. The minimum atomic E-state index is -2.81. The first-order valence-corrected chi connectivity index (χ1v) is 4.10. The highest BCUT2D eigenvalue weighted by atomic mass is 19.3. The molecule has 1 rings (SSSR count). The van der Waals surface area contributed by atoms with Crippen molar-refractivity contribution in [1.29, 1.82) is 0 Å². The lowest BCUT2D eigenvalue weighted by atomic mass is 10.1. The third-order valence-electron chi connectivity index (χ3n) is 2.00. The van der Waals surface area contributed by atoms with Gasteiger partial charge in [-0.15, -0.1) is 0 Å². The Kier molecular flexibility index (Phi) is 3.25. The fraction of sp³-hybridized carbons (Fsp3) is 0.375. The summed E-state index contributed by atoms with van der Waals surface area (Å²) in [7, 11) is 0. The zero-order valence-corrected chi connectivity index (χ0v) is 7.91. The summed E-state index contributed by atoms with van der Waals surface area (Å²) in [6, 6.07) is 0. The molecule has 0 radical (unpaired) electrons. The molecule has 2 N–H and O–H groups in total. The quantitative estimate of drug-likeness (QED) is 0.617. The van der Waals surface area contributed by atoms with Crippen LogP contribution in [-0.2, 0) is 6.54 Å². The number of rotatable bonds is 3. The van der Waals surface area contributed by atoms with Gasteiger partial charge in [-0.05, 0) is 6.92 Å². The van der Waals surface area contributed by atoms with Gasteiger partial charge >= 0.3 is 0 Å². The minimum absolute atomic E-state index is 0.0878. The molecule has 1 aromatic heterocycles. The second-order valence-electron chi connectivity index (χ2n) is 2.89. The highest BCUT2D eigenvalue weighted by Crippen LogP contribution is 2.30. The van der Waals surface area contributed by atoms with Gasteiger partial charge in [-0.25, -0.2) is 8.78 Å². The van der Waals surface area contributed by atoms with Crippen LogP contribution in [0.4, 0.5) is 14.5 Å². The van der Waals surface area contributed by atoms with E-state index in [2.05, 4.69) is 4.98 Å². The molecular formula is C8H9F2N3O2. The molecule has 0 spiro atoms. The molecule has 15 heavy (non-hydrogen) atoms. The molecule has 0 aromatic carbocycles. The van der Waals surface area contributed by atoms with Crippen molar-refractivity contribution in [2.24, 2.45) is 5.73 Å². The van der Waals surface area contributed by atoms with Crippen molar-refractivity contribution in [3.8, 4) is 0 Å². The summed E-state index contributed by atoms with van der Waals surface area (Å²) >= 11 is 0. The Balaban J connectivity index is 3.47. The first-order valence-electron chi connectivity index (χ1n) is 4.10. The van der Waals surface area contributed by atoms with Gasteiger partial charge in [0.05, 0.1) is 10.5 Å². The molecule has 7 heteroatoms. The largest absolute Gasteiger partial charge is 0.326 e. The third kappa shape index (κ3) is 2.07. The number of aryl methyl sites for hydroxylation is 1. The molecule has 0 amide bonds. The fourth-order valence-electron chi connectivity index (χ4n) is 1.31. The van der Waals surface area contributed by atoms with Crippen molar-refractivity contribution in [2.45, 2.75) is 19.9 Å². The Morgan fingerprint density at radius 2 is 2.27 bits per heavy atom. The van der Waals surface area contributed by atoms with Crippen molar-refractivity contribution in [2.75, 3.05) is 0 Å². The van der Waals surface area contributed by atoms with Gasteiger partial charge in [-0.1, -0.05) is 0 Å². The molecule has 0 saturated heterocycles. The molecule has 0 atom stereocenters. The van der Waals surface area contributed by atoms with Gasteiger partial charge in [-0.2, -0.15) is 0 Å². The van der Waals surface area contributed by atoms with E-state index in [4.69, 9.17) is 5.73 Å². The summed E-state index contributed by atoms with van der Waals surface area (Å²) in [6.07, 6.45) is -1.88. The van der Waals surface area contributed by atoms with E-state index >= 15 is 0 Å². The van der Waals surface area contributed by atoms with Crippen molar-refractivity contribution >= 4 is 5.69 Å². The normalized spacial score (nSPS) is 10.7. The van der Waals surface area contributed by atoms with E-state index in [0.717, 1.165) is 6.20 Å². The lowest BCUT2D eigenvalue weighted by Crippen LogP contribution is -2.09. The van der Waals surface area contributed by atoms with Crippen LogP contribution in [-0.4, -0.2) is 9.91 Å². The maximum absolute atomic E-state index is 12.5. The molecule has 0 aliphatic heterocycles. The van der Waals surface area contributed by atoms with E-state index in [9.17, 15) is 18.9 Å². The Morgan fingerprint density at radius 1 is 1.67 bits per heavy atom. The predicted octanol–water partition coefficient (Wildman–Crippen LogP) is 1.69.